The second kappa shape index (κ2) is 14.7. The van der Waals surface area contributed by atoms with Crippen LogP contribution in [-0.4, -0.2) is 78.4 Å². The lowest BCUT2D eigenvalue weighted by atomic mass is 10.0. The van der Waals surface area contributed by atoms with Crippen LogP contribution in [0.5, 0.6) is 0 Å². The van der Waals surface area contributed by atoms with Crippen molar-refractivity contribution < 1.29 is 51.8 Å². The Hall–Kier alpha value is -2.28. The summed E-state index contributed by atoms with van der Waals surface area (Å²) in [6.45, 7) is 7.29. The van der Waals surface area contributed by atoms with Gasteiger partial charge in [0.15, 0.2) is 12.0 Å². The zero-order chi connectivity index (χ0) is 24.9. The molecule has 0 fully saturated rings. The van der Waals surface area contributed by atoms with Gasteiger partial charge in [0.25, 0.3) is 0 Å². The summed E-state index contributed by atoms with van der Waals surface area (Å²) in [5, 5.41) is 9.47. The van der Waals surface area contributed by atoms with E-state index in [0.29, 0.717) is 6.04 Å². The zero-order valence-corrected chi connectivity index (χ0v) is 20.5. The molecule has 0 rings (SSSR count). The Balaban J connectivity index is 5.16. The standard InChI is InChI=1S/C20H34O11Si/c1-13(2)18(23)29-11-15(12-30-19(24)14(3)4)31-20(25)16(17(21)22)9-8-10-32(26-5,27-6)28-7/h14-16H,1,8-12H2,2-7H3,(H,21,22). The van der Waals surface area contributed by atoms with Crippen molar-refractivity contribution in [3.8, 4) is 0 Å². The second-order valence-electron chi connectivity index (χ2n) is 7.30. The smallest absolute Gasteiger partial charge is 0.481 e. The molecule has 0 amide bonds. The fourth-order valence-corrected chi connectivity index (χ4v) is 4.17. The number of esters is 3. The minimum atomic E-state index is -2.93. The third-order valence-corrected chi connectivity index (χ3v) is 7.24. The van der Waals surface area contributed by atoms with Crippen molar-refractivity contribution in [1.29, 1.82) is 0 Å². The van der Waals surface area contributed by atoms with Crippen LogP contribution in [0.1, 0.15) is 33.6 Å². The molecule has 32 heavy (non-hydrogen) atoms. The average molecular weight is 479 g/mol. The number of hydrogen-bond acceptors (Lipinski definition) is 10. The van der Waals surface area contributed by atoms with E-state index < -0.39 is 63.8 Å². The first kappa shape index (κ1) is 29.7. The maximum Gasteiger partial charge on any atom is 0.500 e. The van der Waals surface area contributed by atoms with E-state index in [4.69, 9.17) is 27.5 Å². The van der Waals surface area contributed by atoms with Crippen LogP contribution in [-0.2, 0) is 46.7 Å². The van der Waals surface area contributed by atoms with Gasteiger partial charge >= 0.3 is 32.7 Å². The van der Waals surface area contributed by atoms with Crippen molar-refractivity contribution in [2.24, 2.45) is 11.8 Å². The summed E-state index contributed by atoms with van der Waals surface area (Å²) in [6, 6.07) is 0.291. The van der Waals surface area contributed by atoms with Crippen LogP contribution in [0.25, 0.3) is 0 Å². The van der Waals surface area contributed by atoms with Crippen molar-refractivity contribution in [3.05, 3.63) is 12.2 Å². The molecule has 0 bridgehead atoms. The third-order valence-electron chi connectivity index (χ3n) is 4.41. The highest BCUT2D eigenvalue weighted by atomic mass is 28.4. The SMILES string of the molecule is C=C(C)C(=O)OCC(COC(=O)C(C)C)OC(=O)C(CCC[Si](OC)(OC)OC)C(=O)O. The molecular formula is C20H34O11Si. The van der Waals surface area contributed by atoms with E-state index in [0.717, 1.165) is 0 Å². The number of carboxylic acid groups (broad SMARTS) is 1. The van der Waals surface area contributed by atoms with Crippen LogP contribution >= 0.6 is 0 Å². The predicted octanol–water partition coefficient (Wildman–Crippen LogP) is 1.58. The number of carbonyl (C=O) groups excluding carboxylic acids is 3. The van der Waals surface area contributed by atoms with Gasteiger partial charge in [-0.1, -0.05) is 20.4 Å². The topological polar surface area (TPSA) is 144 Å². The van der Waals surface area contributed by atoms with Crippen LogP contribution in [0.2, 0.25) is 6.04 Å². The van der Waals surface area contributed by atoms with Gasteiger partial charge in [0, 0.05) is 32.9 Å². The molecule has 0 saturated heterocycles. The fourth-order valence-electron chi connectivity index (χ4n) is 2.42. The van der Waals surface area contributed by atoms with Gasteiger partial charge in [-0.15, -0.1) is 0 Å². The fraction of sp³-hybridized carbons (Fsp3) is 0.700. The average Bonchev–Trinajstić information content (AvgIpc) is 2.75. The van der Waals surface area contributed by atoms with E-state index in [1.165, 1.54) is 28.3 Å². The molecular weight excluding hydrogens is 444 g/mol. The summed E-state index contributed by atoms with van der Waals surface area (Å²) in [5.41, 5.74) is 0.125. The molecule has 11 nitrogen and oxygen atoms in total. The normalized spacial score (nSPS) is 13.2. The van der Waals surface area contributed by atoms with Gasteiger partial charge in [0.1, 0.15) is 13.2 Å². The molecule has 0 saturated carbocycles. The Bertz CT molecular complexity index is 650. The van der Waals surface area contributed by atoms with Gasteiger partial charge < -0.3 is 32.6 Å². The number of hydrogen-bond donors (Lipinski definition) is 1. The molecule has 0 radical (unpaired) electrons. The highest BCUT2D eigenvalue weighted by molar-refractivity contribution is 6.60. The quantitative estimate of drug-likeness (QED) is 0.113. The first-order chi connectivity index (χ1) is 14.9. The van der Waals surface area contributed by atoms with Gasteiger partial charge in [0.2, 0.25) is 0 Å². The van der Waals surface area contributed by atoms with Crippen molar-refractivity contribution in [2.75, 3.05) is 34.5 Å². The van der Waals surface area contributed by atoms with Crippen LogP contribution < -0.4 is 0 Å². The molecule has 0 aliphatic heterocycles. The molecule has 2 unspecified atom stereocenters. The van der Waals surface area contributed by atoms with Gasteiger partial charge in [0.05, 0.1) is 5.92 Å². The monoisotopic (exact) mass is 478 g/mol. The van der Waals surface area contributed by atoms with E-state index in [-0.39, 0.29) is 18.4 Å². The van der Waals surface area contributed by atoms with Gasteiger partial charge in [-0.25, -0.2) is 4.79 Å². The van der Waals surface area contributed by atoms with Gasteiger partial charge in [-0.3, -0.25) is 14.4 Å². The molecule has 1 N–H and O–H groups in total. The van der Waals surface area contributed by atoms with Crippen LogP contribution in [0.4, 0.5) is 0 Å². The summed E-state index contributed by atoms with van der Waals surface area (Å²) in [7, 11) is 1.36. The Labute approximate surface area is 189 Å². The largest absolute Gasteiger partial charge is 0.500 e. The van der Waals surface area contributed by atoms with E-state index in [9.17, 15) is 24.3 Å². The van der Waals surface area contributed by atoms with Crippen molar-refractivity contribution in [3.63, 3.8) is 0 Å². The van der Waals surface area contributed by atoms with Gasteiger partial charge in [-0.2, -0.15) is 0 Å². The maximum atomic E-state index is 12.5. The zero-order valence-electron chi connectivity index (χ0n) is 19.5. The summed E-state index contributed by atoms with van der Waals surface area (Å²) in [6.07, 6.45) is -0.991. The summed E-state index contributed by atoms with van der Waals surface area (Å²) >= 11 is 0. The molecule has 0 heterocycles. The molecule has 184 valence electrons. The highest BCUT2D eigenvalue weighted by Crippen LogP contribution is 2.20. The lowest BCUT2D eigenvalue weighted by Crippen LogP contribution is -2.43. The first-order valence-electron chi connectivity index (χ1n) is 10.0. The van der Waals surface area contributed by atoms with Crippen molar-refractivity contribution in [2.45, 2.75) is 45.8 Å². The summed E-state index contributed by atoms with van der Waals surface area (Å²) < 4.78 is 31.1. The Morgan fingerprint density at radius 2 is 1.47 bits per heavy atom. The van der Waals surface area contributed by atoms with Crippen molar-refractivity contribution in [1.82, 2.24) is 0 Å². The Morgan fingerprint density at radius 1 is 0.938 bits per heavy atom. The van der Waals surface area contributed by atoms with Gasteiger partial charge in [-0.05, 0) is 19.8 Å². The summed E-state index contributed by atoms with van der Waals surface area (Å²) in [4.78, 5) is 47.5. The number of aliphatic carboxylic acids is 1. The molecule has 0 aliphatic carbocycles. The minimum absolute atomic E-state index is 0.0664. The molecule has 2 atom stereocenters. The molecule has 12 heteroatoms. The number of ether oxygens (including phenoxy) is 3. The maximum absolute atomic E-state index is 12.5. The number of carboxylic acids is 1. The molecule has 0 aliphatic rings. The third kappa shape index (κ3) is 10.4. The van der Waals surface area contributed by atoms with E-state index in [2.05, 4.69) is 6.58 Å². The predicted molar refractivity (Wildman–Crippen MR) is 113 cm³/mol. The van der Waals surface area contributed by atoms with Crippen LogP contribution in [0.3, 0.4) is 0 Å². The van der Waals surface area contributed by atoms with Crippen molar-refractivity contribution >= 4 is 32.7 Å². The second-order valence-corrected chi connectivity index (χ2v) is 10.4. The molecule has 0 aromatic carbocycles. The van der Waals surface area contributed by atoms with Crippen LogP contribution in [0.15, 0.2) is 12.2 Å². The number of carbonyl (C=O) groups is 4. The van der Waals surface area contributed by atoms with Crippen LogP contribution in [0, 0.1) is 11.8 Å². The molecule has 0 aromatic heterocycles. The number of rotatable bonds is 16. The lowest BCUT2D eigenvalue weighted by Gasteiger charge is -2.25. The highest BCUT2D eigenvalue weighted by Gasteiger charge is 2.38. The Morgan fingerprint density at radius 3 is 1.91 bits per heavy atom. The minimum Gasteiger partial charge on any atom is -0.481 e. The first-order valence-corrected chi connectivity index (χ1v) is 11.9. The molecule has 0 spiro atoms. The lowest BCUT2D eigenvalue weighted by molar-refractivity contribution is -0.173. The van der Waals surface area contributed by atoms with E-state index >= 15 is 0 Å². The Kier molecular flexibility index (Phi) is 13.7. The van der Waals surface area contributed by atoms with E-state index in [1.54, 1.807) is 13.8 Å². The molecule has 0 aromatic rings. The van der Waals surface area contributed by atoms with E-state index in [1.807, 2.05) is 0 Å². The summed E-state index contributed by atoms with van der Waals surface area (Å²) in [5.74, 6) is -5.63.